The fraction of sp³-hybridized carbons (Fsp3) is 0.875. The van der Waals surface area contributed by atoms with Crippen LogP contribution in [0.15, 0.2) is 0 Å². The van der Waals surface area contributed by atoms with Gasteiger partial charge in [-0.15, -0.1) is 0 Å². The number of esters is 1. The van der Waals surface area contributed by atoms with Gasteiger partial charge >= 0.3 is 5.97 Å². The van der Waals surface area contributed by atoms with Crippen molar-refractivity contribution in [2.24, 2.45) is 5.73 Å². The highest BCUT2D eigenvalue weighted by molar-refractivity contribution is 7.98. The van der Waals surface area contributed by atoms with Crippen LogP contribution in [0.3, 0.4) is 0 Å². The van der Waals surface area contributed by atoms with Crippen molar-refractivity contribution < 1.29 is 19.1 Å². The molecule has 12 heavy (non-hydrogen) atoms. The minimum atomic E-state index is -3.31. The molecule has 4 heteroatoms. The first-order chi connectivity index (χ1) is 8.37. The Morgan fingerprint density at radius 1 is 1.83 bits per heavy atom. The summed E-state index contributed by atoms with van der Waals surface area (Å²) in [7, 11) is 0. The van der Waals surface area contributed by atoms with Crippen LogP contribution in [0.2, 0.25) is 0 Å². The van der Waals surface area contributed by atoms with Gasteiger partial charge in [-0.25, -0.2) is 0 Å². The van der Waals surface area contributed by atoms with E-state index in [4.69, 9.17) is 15.3 Å². The molecule has 1 atom stereocenters. The van der Waals surface area contributed by atoms with Crippen LogP contribution in [0.5, 0.6) is 0 Å². The molecule has 2 N–H and O–H groups in total. The van der Waals surface area contributed by atoms with E-state index in [0.717, 1.165) is 0 Å². The molecular formula is C8H17NO2S. The highest BCUT2D eigenvalue weighted by Gasteiger charge is 2.15. The smallest absolute Gasteiger partial charge is 0.323 e. The summed E-state index contributed by atoms with van der Waals surface area (Å²) in [5.41, 5.74) is 5.46. The van der Waals surface area contributed by atoms with Crippen molar-refractivity contribution in [3.8, 4) is 0 Å². The largest absolute Gasteiger partial charge is 0.462 e. The molecule has 72 valence electrons. The molecule has 0 unspecified atom stereocenters. The van der Waals surface area contributed by atoms with E-state index >= 15 is 0 Å². The average molecular weight is 198 g/mol. The summed E-state index contributed by atoms with van der Waals surface area (Å²) in [4.78, 5) is 11.6. The van der Waals surface area contributed by atoms with Gasteiger partial charge in [0.1, 0.15) is 6.04 Å². The molecule has 0 amide bonds. The molecular weight excluding hydrogens is 174 g/mol. The lowest BCUT2D eigenvalue weighted by atomic mass is 10.2. The Bertz CT molecular complexity index is 303. The number of thioether (sulfide) groups is 1. The summed E-state index contributed by atoms with van der Waals surface area (Å²) in [6, 6.07) is -1.15. The van der Waals surface area contributed by atoms with Crippen molar-refractivity contribution in [2.45, 2.75) is 32.2 Å². The quantitative estimate of drug-likeness (QED) is 0.670. The van der Waals surface area contributed by atoms with E-state index in [1.54, 1.807) is 6.26 Å². The van der Waals surface area contributed by atoms with E-state index in [9.17, 15) is 4.79 Å². The zero-order valence-corrected chi connectivity index (χ0v) is 7.61. The maximum Gasteiger partial charge on any atom is 0.323 e. The van der Waals surface area contributed by atoms with Crippen molar-refractivity contribution >= 4 is 17.7 Å². The van der Waals surface area contributed by atoms with Crippen LogP contribution in [-0.2, 0) is 9.53 Å². The number of carbonyl (C=O) groups is 1. The van der Waals surface area contributed by atoms with Crippen molar-refractivity contribution in [1.29, 1.82) is 0 Å². The van der Waals surface area contributed by atoms with E-state index < -0.39 is 31.8 Å². The van der Waals surface area contributed by atoms with E-state index in [-0.39, 0.29) is 6.42 Å². The standard InChI is InChI=1S/C8H17NO2S/c1-6(2)11-8(10)7(9)4-5-12-3/h6-7H,4-5,9H2,1-3H3/t7-/m0/s1/i1D3,2D3,6D. The Hall–Kier alpha value is -0.220. The SMILES string of the molecule is [2H]C([2H])([2H])C([2H])(OC(=O)[C@@H](N)CCSC)C([2H])([2H])[2H]. The van der Waals surface area contributed by atoms with Crippen molar-refractivity contribution in [3.05, 3.63) is 0 Å². The van der Waals surface area contributed by atoms with E-state index in [1.165, 1.54) is 11.8 Å². The first kappa shape index (κ1) is 4.33. The molecule has 3 nitrogen and oxygen atoms in total. The van der Waals surface area contributed by atoms with Crippen LogP contribution < -0.4 is 5.73 Å². The Morgan fingerprint density at radius 2 is 2.50 bits per heavy atom. The minimum Gasteiger partial charge on any atom is -0.462 e. The Morgan fingerprint density at radius 3 is 3.00 bits per heavy atom. The molecule has 0 bridgehead atoms. The summed E-state index contributed by atoms with van der Waals surface area (Å²) in [6.45, 7) is -6.60. The van der Waals surface area contributed by atoms with E-state index in [0.29, 0.717) is 5.75 Å². The number of ether oxygens (including phenoxy) is 1. The van der Waals surface area contributed by atoms with Gasteiger partial charge in [-0.05, 0) is 32.1 Å². The predicted molar refractivity (Wildman–Crippen MR) is 52.2 cm³/mol. The van der Waals surface area contributed by atoms with Crippen molar-refractivity contribution in [1.82, 2.24) is 0 Å². The number of rotatable bonds is 5. The summed E-state index contributed by atoms with van der Waals surface area (Å²) < 4.78 is 54.4. The molecule has 0 fully saturated rings. The van der Waals surface area contributed by atoms with Crippen molar-refractivity contribution in [3.63, 3.8) is 0 Å². The fourth-order valence-corrected chi connectivity index (χ4v) is 1.03. The van der Waals surface area contributed by atoms with Gasteiger partial charge in [-0.3, -0.25) is 4.79 Å². The van der Waals surface area contributed by atoms with Gasteiger partial charge in [0.25, 0.3) is 0 Å². The van der Waals surface area contributed by atoms with Gasteiger partial charge in [0.15, 0.2) is 0 Å². The molecule has 0 spiro atoms. The Kier molecular flexibility index (Phi) is 2.28. The molecule has 0 heterocycles. The van der Waals surface area contributed by atoms with Crippen LogP contribution in [0.4, 0.5) is 0 Å². The van der Waals surface area contributed by atoms with Gasteiger partial charge in [0.2, 0.25) is 0 Å². The number of hydrogen-bond acceptors (Lipinski definition) is 4. The maximum atomic E-state index is 11.6. The first-order valence-electron chi connectivity index (χ1n) is 6.84. The number of carbonyl (C=O) groups excluding carboxylic acids is 1. The lowest BCUT2D eigenvalue weighted by Crippen LogP contribution is -2.34. The summed E-state index contributed by atoms with van der Waals surface area (Å²) >= 11 is 1.42. The molecule has 0 saturated carbocycles. The van der Waals surface area contributed by atoms with Crippen molar-refractivity contribution in [2.75, 3.05) is 12.0 Å². The highest BCUT2D eigenvalue weighted by Crippen LogP contribution is 2.01. The number of hydrogen-bond donors (Lipinski definition) is 1. The second kappa shape index (κ2) is 6.31. The van der Waals surface area contributed by atoms with Crippen LogP contribution >= 0.6 is 11.8 Å². The zero-order valence-electron chi connectivity index (χ0n) is 13.8. The number of nitrogens with two attached hydrogens (primary N) is 1. The normalized spacial score (nSPS) is 24.7. The van der Waals surface area contributed by atoms with Gasteiger partial charge in [0, 0.05) is 8.22 Å². The van der Waals surface area contributed by atoms with Crippen LogP contribution in [0, 0.1) is 0 Å². The Labute approximate surface area is 87.9 Å². The summed E-state index contributed by atoms with van der Waals surface area (Å²) in [5, 5.41) is 0. The second-order valence-corrected chi connectivity index (χ2v) is 3.12. The lowest BCUT2D eigenvalue weighted by Gasteiger charge is -2.12. The highest BCUT2D eigenvalue weighted by atomic mass is 32.2. The average Bonchev–Trinajstić information content (AvgIpc) is 2.22. The Balaban J connectivity index is 5.02. The van der Waals surface area contributed by atoms with E-state index in [1.807, 2.05) is 0 Å². The molecule has 0 aromatic heterocycles. The predicted octanol–water partition coefficient (Wildman–Crippen LogP) is 1.02. The van der Waals surface area contributed by atoms with E-state index in [2.05, 4.69) is 4.74 Å². The fourth-order valence-electron chi connectivity index (χ4n) is 0.539. The molecule has 0 aromatic rings. The second-order valence-electron chi connectivity index (χ2n) is 2.14. The molecule has 0 saturated heterocycles. The third kappa shape index (κ3) is 5.43. The van der Waals surface area contributed by atoms with Gasteiger partial charge in [-0.1, -0.05) is 0 Å². The molecule has 0 aliphatic heterocycles. The third-order valence-corrected chi connectivity index (χ3v) is 1.78. The summed E-state index contributed by atoms with van der Waals surface area (Å²) in [5.74, 6) is -0.667. The maximum absolute atomic E-state index is 11.6. The minimum absolute atomic E-state index is 0.206. The van der Waals surface area contributed by atoms with Gasteiger partial charge < -0.3 is 10.5 Å². The molecule has 0 aliphatic rings. The monoisotopic (exact) mass is 198 g/mol. The topological polar surface area (TPSA) is 52.3 Å². The molecule has 0 aromatic carbocycles. The van der Waals surface area contributed by atoms with Crippen LogP contribution in [-0.4, -0.2) is 30.1 Å². The summed E-state index contributed by atoms with van der Waals surface area (Å²) in [6.07, 6.45) is -1.32. The lowest BCUT2D eigenvalue weighted by molar-refractivity contribution is -0.149. The molecule has 0 rings (SSSR count). The molecule has 0 aliphatic carbocycles. The molecule has 0 radical (unpaired) electrons. The zero-order chi connectivity index (χ0) is 15.5. The first-order valence-corrected chi connectivity index (χ1v) is 4.73. The van der Waals surface area contributed by atoms with Crippen LogP contribution in [0.1, 0.15) is 29.7 Å². The van der Waals surface area contributed by atoms with Crippen LogP contribution in [0.25, 0.3) is 0 Å². The third-order valence-electron chi connectivity index (χ3n) is 1.14. The van der Waals surface area contributed by atoms with Gasteiger partial charge in [-0.2, -0.15) is 11.8 Å². The van der Waals surface area contributed by atoms with Gasteiger partial charge in [0.05, 0.1) is 7.45 Å².